The molecular weight excluding hydrogens is 775 g/mol. The van der Waals surface area contributed by atoms with Gasteiger partial charge in [-0.2, -0.15) is 0 Å². The molecule has 0 spiro atoms. The lowest BCUT2D eigenvalue weighted by molar-refractivity contribution is -0.158. The molecule has 0 amide bonds. The van der Waals surface area contributed by atoms with Crippen LogP contribution in [0.2, 0.25) is 0 Å². The van der Waals surface area contributed by atoms with E-state index < -0.39 is 43.2 Å². The zero-order valence-electron chi connectivity index (χ0n) is 33.6. The predicted molar refractivity (Wildman–Crippen MR) is 217 cm³/mol. The summed E-state index contributed by atoms with van der Waals surface area (Å²) in [5, 5.41) is 3.08. The highest BCUT2D eigenvalue weighted by Gasteiger charge is 2.20. The summed E-state index contributed by atoms with van der Waals surface area (Å²) in [5.41, 5.74) is 2.51. The van der Waals surface area contributed by atoms with Gasteiger partial charge in [0.15, 0.2) is 13.2 Å². The number of carbonyl (C=O) groups excluding carboxylic acids is 3. The molecule has 4 rings (SSSR count). The van der Waals surface area contributed by atoms with Gasteiger partial charge in [-0.3, -0.25) is 4.79 Å². The summed E-state index contributed by atoms with van der Waals surface area (Å²) < 4.78 is 74.9. The number of aldehydes is 1. The van der Waals surface area contributed by atoms with Crippen LogP contribution in [0.1, 0.15) is 57.5 Å². The molecule has 0 saturated carbocycles. The van der Waals surface area contributed by atoms with Crippen LogP contribution >= 0.6 is 0 Å². The van der Waals surface area contributed by atoms with Crippen molar-refractivity contribution >= 4 is 38.3 Å². The van der Waals surface area contributed by atoms with Gasteiger partial charge >= 0.3 is 11.9 Å². The van der Waals surface area contributed by atoms with Crippen molar-refractivity contribution in [2.75, 3.05) is 34.4 Å². The second kappa shape index (κ2) is 19.8. The lowest BCUT2D eigenvalue weighted by atomic mass is 10.0. The molecule has 0 aromatic heterocycles. The Hall–Kier alpha value is -5.13. The first-order chi connectivity index (χ1) is 26.6. The fourth-order valence-electron chi connectivity index (χ4n) is 5.13. The quantitative estimate of drug-likeness (QED) is 0.101. The maximum absolute atomic E-state index is 12.2. The molecule has 0 aliphatic heterocycles. The lowest BCUT2D eigenvalue weighted by Crippen LogP contribution is -2.27. The minimum Gasteiger partial charge on any atom is -0.481 e. The van der Waals surface area contributed by atoms with E-state index in [1.54, 1.807) is 96.1 Å². The molecular formula is C41H51N3O11S2. The predicted octanol–water partition coefficient (Wildman–Crippen LogP) is 5.50. The van der Waals surface area contributed by atoms with Gasteiger partial charge in [-0.15, -0.1) is 0 Å². The third-order valence-corrected chi connectivity index (χ3v) is 10.4. The van der Waals surface area contributed by atoms with Crippen molar-refractivity contribution in [3.05, 3.63) is 96.1 Å². The van der Waals surface area contributed by atoms with Gasteiger partial charge in [0.1, 0.15) is 29.0 Å². The van der Waals surface area contributed by atoms with Crippen LogP contribution in [-0.2, 0) is 45.7 Å². The highest BCUT2D eigenvalue weighted by molar-refractivity contribution is 7.89. The molecule has 14 nitrogen and oxygen atoms in total. The minimum atomic E-state index is -3.64. The maximum atomic E-state index is 12.2. The van der Waals surface area contributed by atoms with Crippen molar-refractivity contribution in [3.8, 4) is 33.8 Å². The summed E-state index contributed by atoms with van der Waals surface area (Å²) >= 11 is 0. The first-order valence-electron chi connectivity index (χ1n) is 17.8. The van der Waals surface area contributed by atoms with Crippen LogP contribution < -0.4 is 24.2 Å². The Kier molecular flexibility index (Phi) is 16.1. The number of hydrogen-bond acceptors (Lipinski definition) is 12. The molecule has 16 heteroatoms. The van der Waals surface area contributed by atoms with Crippen molar-refractivity contribution < 1.29 is 50.2 Å². The third-order valence-electron chi connectivity index (χ3n) is 7.54. The molecule has 0 unspecified atom stereocenters. The van der Waals surface area contributed by atoms with Gasteiger partial charge in [0.2, 0.25) is 20.0 Å². The highest BCUT2D eigenvalue weighted by atomic mass is 32.2. The molecule has 57 heavy (non-hydrogen) atoms. The van der Waals surface area contributed by atoms with Gasteiger partial charge in [0.05, 0.1) is 9.79 Å². The van der Waals surface area contributed by atoms with Gasteiger partial charge in [-0.1, -0.05) is 30.3 Å². The molecule has 0 fully saturated rings. The lowest BCUT2D eigenvalue weighted by Gasteiger charge is -2.20. The smallest absolute Gasteiger partial charge is 0.344 e. The van der Waals surface area contributed by atoms with Gasteiger partial charge < -0.3 is 24.3 Å². The second-order valence-corrected chi connectivity index (χ2v) is 18.2. The van der Waals surface area contributed by atoms with Crippen LogP contribution in [0.3, 0.4) is 0 Å². The molecule has 0 radical (unpaired) electrons. The summed E-state index contributed by atoms with van der Waals surface area (Å²) in [4.78, 5) is 35.4. The van der Waals surface area contributed by atoms with E-state index in [1.807, 2.05) is 19.2 Å². The van der Waals surface area contributed by atoms with Gasteiger partial charge in [-0.05, 0) is 134 Å². The van der Waals surface area contributed by atoms with E-state index in [0.29, 0.717) is 52.1 Å². The molecule has 4 aromatic rings. The molecule has 0 atom stereocenters. The Morgan fingerprint density at radius 3 is 1.46 bits per heavy atom. The third kappa shape index (κ3) is 14.4. The first kappa shape index (κ1) is 46.3. The molecule has 3 N–H and O–H groups in total. The van der Waals surface area contributed by atoms with Crippen LogP contribution in [0.15, 0.2) is 94.7 Å². The zero-order chi connectivity index (χ0) is 42.6. The van der Waals surface area contributed by atoms with Crippen molar-refractivity contribution in [2.45, 2.75) is 69.1 Å². The standard InChI is InChI=1S/C21H28N2O5S.C20H23NO6S/c1-21(2,3)28-20(24)14-27-19-10-9-15(13-22-4)11-18(19)16-7-6-8-17(12-16)29(25,26)23-5;1-20(2,3)27-19(23)13-26-18-9-8-14(12-22)10-17(18)15-6-5-7-16(11-15)28(24,25)21-4/h6-12,22-23H,13-14H2,1-5H3;5-12,21H,13H2,1-4H3. The summed E-state index contributed by atoms with van der Waals surface area (Å²) in [6.45, 7) is 10.7. The van der Waals surface area contributed by atoms with Gasteiger partial charge in [0, 0.05) is 23.2 Å². The number of ether oxygens (including phenoxy) is 4. The Bertz CT molecular complexity index is 2260. The molecule has 308 valence electrons. The first-order valence-corrected chi connectivity index (χ1v) is 20.7. The molecule has 0 saturated heterocycles. The Morgan fingerprint density at radius 1 is 0.614 bits per heavy atom. The Balaban J connectivity index is 0.000000306. The van der Waals surface area contributed by atoms with Crippen LogP contribution in [0, 0.1) is 0 Å². The molecule has 0 bridgehead atoms. The number of nitrogens with one attached hydrogen (secondary N) is 3. The average Bonchev–Trinajstić information content (AvgIpc) is 3.15. The number of sulfonamides is 2. The summed E-state index contributed by atoms with van der Waals surface area (Å²) in [6.07, 6.45) is 0.676. The van der Waals surface area contributed by atoms with Crippen LogP contribution in [0.4, 0.5) is 0 Å². The van der Waals surface area contributed by atoms with E-state index in [0.717, 1.165) is 5.56 Å². The van der Waals surface area contributed by atoms with E-state index in [2.05, 4.69) is 14.8 Å². The summed E-state index contributed by atoms with van der Waals surface area (Å²) in [5.74, 6) is -0.219. The fourth-order valence-corrected chi connectivity index (χ4v) is 6.68. The average molecular weight is 826 g/mol. The normalized spacial score (nSPS) is 11.8. The number of esters is 2. The molecule has 4 aromatic carbocycles. The fraction of sp³-hybridized carbons (Fsp3) is 0.341. The second-order valence-electron chi connectivity index (χ2n) is 14.5. The van der Waals surface area contributed by atoms with E-state index >= 15 is 0 Å². The minimum absolute atomic E-state index is 0.0714. The largest absolute Gasteiger partial charge is 0.481 e. The van der Waals surface area contributed by atoms with Crippen LogP contribution in [-0.4, -0.2) is 80.6 Å². The van der Waals surface area contributed by atoms with Crippen molar-refractivity contribution in [2.24, 2.45) is 0 Å². The van der Waals surface area contributed by atoms with Crippen molar-refractivity contribution in [1.82, 2.24) is 14.8 Å². The number of carbonyl (C=O) groups is 3. The molecule has 0 aliphatic rings. The number of benzene rings is 4. The Morgan fingerprint density at radius 2 is 1.05 bits per heavy atom. The maximum Gasteiger partial charge on any atom is 0.344 e. The number of rotatable bonds is 15. The number of hydrogen-bond donors (Lipinski definition) is 3. The Labute approximate surface area is 335 Å². The molecule has 0 aliphatic carbocycles. The topological polar surface area (TPSA) is 192 Å². The SMILES string of the molecule is CNCc1ccc(OCC(=O)OC(C)(C)C)c(-c2cccc(S(=O)(=O)NC)c2)c1.CNS(=O)(=O)c1cccc(-c2cc(C=O)ccc2OCC(=O)OC(C)(C)C)c1. The van der Waals surface area contributed by atoms with Gasteiger partial charge in [-0.25, -0.2) is 35.9 Å². The monoisotopic (exact) mass is 825 g/mol. The van der Waals surface area contributed by atoms with E-state index in [4.69, 9.17) is 18.9 Å². The van der Waals surface area contributed by atoms with Gasteiger partial charge in [0.25, 0.3) is 0 Å². The van der Waals surface area contributed by atoms with E-state index in [9.17, 15) is 31.2 Å². The highest BCUT2D eigenvalue weighted by Crippen LogP contribution is 2.34. The zero-order valence-corrected chi connectivity index (χ0v) is 35.2. The van der Waals surface area contributed by atoms with Crippen molar-refractivity contribution in [1.29, 1.82) is 0 Å². The molecule has 0 heterocycles. The summed E-state index contributed by atoms with van der Waals surface area (Å²) in [7, 11) is -2.69. The summed E-state index contributed by atoms with van der Waals surface area (Å²) in [6, 6.07) is 23.0. The van der Waals surface area contributed by atoms with E-state index in [-0.39, 0.29) is 23.0 Å². The van der Waals surface area contributed by atoms with E-state index in [1.165, 1.54) is 32.3 Å². The van der Waals surface area contributed by atoms with Crippen molar-refractivity contribution in [3.63, 3.8) is 0 Å². The van der Waals surface area contributed by atoms with Crippen LogP contribution in [0.25, 0.3) is 22.3 Å². The van der Waals surface area contributed by atoms with Crippen LogP contribution in [0.5, 0.6) is 11.5 Å².